The third kappa shape index (κ3) is 0.919. The summed E-state index contributed by atoms with van der Waals surface area (Å²) >= 11 is 0. The van der Waals surface area contributed by atoms with Crippen LogP contribution in [0.3, 0.4) is 0 Å². The molecule has 2 aliphatic rings. The number of benzene rings is 1. The Labute approximate surface area is 77.9 Å². The summed E-state index contributed by atoms with van der Waals surface area (Å²) in [7, 11) is 0. The van der Waals surface area contributed by atoms with Crippen molar-refractivity contribution in [3.63, 3.8) is 0 Å². The smallest absolute Gasteiger partial charge is 0.0108 e. The second-order valence-electron chi connectivity index (χ2n) is 3.44. The van der Waals surface area contributed by atoms with Crippen LogP contribution in [0.1, 0.15) is 17.5 Å². The van der Waals surface area contributed by atoms with E-state index < -0.39 is 0 Å². The van der Waals surface area contributed by atoms with Gasteiger partial charge in [0.25, 0.3) is 0 Å². The van der Waals surface area contributed by atoms with Gasteiger partial charge in [-0.2, -0.15) is 0 Å². The zero-order valence-electron chi connectivity index (χ0n) is 7.33. The van der Waals surface area contributed by atoms with E-state index >= 15 is 0 Å². The molecule has 0 bridgehead atoms. The van der Waals surface area contributed by atoms with Gasteiger partial charge in [-0.1, -0.05) is 42.5 Å². The first-order chi connectivity index (χ1) is 6.45. The first kappa shape index (κ1) is 6.90. The molecular formula is C13H10. The molecule has 0 saturated carbocycles. The topological polar surface area (TPSA) is 0 Å². The highest BCUT2D eigenvalue weighted by molar-refractivity contribution is 5.97. The highest BCUT2D eigenvalue weighted by atomic mass is 14.2. The van der Waals surface area contributed by atoms with Crippen LogP contribution in [0.25, 0.3) is 11.6 Å². The van der Waals surface area contributed by atoms with Crippen LogP contribution in [0, 0.1) is 0 Å². The molecule has 0 aliphatic heterocycles. The van der Waals surface area contributed by atoms with Gasteiger partial charge in [0, 0.05) is 0 Å². The van der Waals surface area contributed by atoms with E-state index in [0.29, 0.717) is 0 Å². The molecule has 2 aliphatic carbocycles. The van der Waals surface area contributed by atoms with Gasteiger partial charge in [-0.15, -0.1) is 0 Å². The van der Waals surface area contributed by atoms with Crippen molar-refractivity contribution < 1.29 is 0 Å². The number of fused-ring (bicyclic) bond motifs is 3. The van der Waals surface area contributed by atoms with E-state index in [2.05, 4.69) is 48.6 Å². The molecule has 0 atom stereocenters. The van der Waals surface area contributed by atoms with Crippen molar-refractivity contribution in [2.24, 2.45) is 0 Å². The highest BCUT2D eigenvalue weighted by Crippen LogP contribution is 2.37. The quantitative estimate of drug-likeness (QED) is 0.554. The average Bonchev–Trinajstić information content (AvgIpc) is 2.56. The average molecular weight is 166 g/mol. The van der Waals surface area contributed by atoms with Crippen molar-refractivity contribution in [2.45, 2.75) is 6.42 Å². The fourth-order valence-corrected chi connectivity index (χ4v) is 2.02. The standard InChI is InChI=1S/C13H10/c1-3-7-12-10(5-1)9-11-6-2-4-8-13(11)12/h1-3,5-9H,4H2. The van der Waals surface area contributed by atoms with Crippen molar-refractivity contribution in [1.82, 2.24) is 0 Å². The van der Waals surface area contributed by atoms with Gasteiger partial charge in [0.1, 0.15) is 0 Å². The molecule has 0 saturated heterocycles. The third-order valence-corrected chi connectivity index (χ3v) is 2.63. The molecule has 0 heterocycles. The Kier molecular flexibility index (Phi) is 1.31. The Morgan fingerprint density at radius 3 is 3.00 bits per heavy atom. The largest absolute Gasteiger partial charge is 0.0801 e. The molecule has 0 N–H and O–H groups in total. The molecular weight excluding hydrogens is 156 g/mol. The Morgan fingerprint density at radius 1 is 1.08 bits per heavy atom. The molecule has 0 heteroatoms. The number of hydrogen-bond acceptors (Lipinski definition) is 0. The minimum atomic E-state index is 1.07. The maximum atomic E-state index is 2.30. The minimum absolute atomic E-state index is 1.07. The molecule has 1 aromatic carbocycles. The maximum absolute atomic E-state index is 2.30. The number of hydrogen-bond donors (Lipinski definition) is 0. The van der Waals surface area contributed by atoms with Crippen LogP contribution in [-0.4, -0.2) is 0 Å². The monoisotopic (exact) mass is 166 g/mol. The van der Waals surface area contributed by atoms with E-state index in [1.807, 2.05) is 0 Å². The van der Waals surface area contributed by atoms with Gasteiger partial charge in [-0.3, -0.25) is 0 Å². The summed E-state index contributed by atoms with van der Waals surface area (Å²) in [6.07, 6.45) is 10.1. The molecule has 0 fully saturated rings. The Bertz CT molecular complexity index is 445. The molecule has 0 unspecified atom stereocenters. The van der Waals surface area contributed by atoms with E-state index in [0.717, 1.165) is 6.42 Å². The predicted molar refractivity (Wildman–Crippen MR) is 56.2 cm³/mol. The van der Waals surface area contributed by atoms with Gasteiger partial charge in [0.05, 0.1) is 0 Å². The Balaban J connectivity index is 2.26. The number of allylic oxidation sites excluding steroid dienone is 5. The van der Waals surface area contributed by atoms with Crippen molar-refractivity contribution in [3.05, 3.63) is 59.2 Å². The first-order valence-electron chi connectivity index (χ1n) is 4.63. The highest BCUT2D eigenvalue weighted by Gasteiger charge is 2.16. The molecule has 0 amide bonds. The van der Waals surface area contributed by atoms with Crippen LogP contribution < -0.4 is 0 Å². The van der Waals surface area contributed by atoms with Crippen LogP contribution in [-0.2, 0) is 0 Å². The normalized spacial score (nSPS) is 17.5. The fourth-order valence-electron chi connectivity index (χ4n) is 2.02. The molecule has 0 nitrogen and oxygen atoms in total. The van der Waals surface area contributed by atoms with Gasteiger partial charge in [0.2, 0.25) is 0 Å². The van der Waals surface area contributed by atoms with Gasteiger partial charge >= 0.3 is 0 Å². The molecule has 1 aromatic rings. The molecule has 13 heavy (non-hydrogen) atoms. The predicted octanol–water partition coefficient (Wildman–Crippen LogP) is 3.43. The lowest BCUT2D eigenvalue weighted by molar-refractivity contribution is 1.36. The summed E-state index contributed by atoms with van der Waals surface area (Å²) in [6, 6.07) is 8.57. The van der Waals surface area contributed by atoms with E-state index in [1.54, 1.807) is 0 Å². The summed E-state index contributed by atoms with van der Waals surface area (Å²) in [4.78, 5) is 0. The lowest BCUT2D eigenvalue weighted by atomic mass is 9.98. The van der Waals surface area contributed by atoms with Crippen molar-refractivity contribution in [2.75, 3.05) is 0 Å². The minimum Gasteiger partial charge on any atom is -0.0801 e. The zero-order chi connectivity index (χ0) is 8.67. The molecule has 0 radical (unpaired) electrons. The van der Waals surface area contributed by atoms with Gasteiger partial charge in [-0.25, -0.2) is 0 Å². The van der Waals surface area contributed by atoms with Gasteiger partial charge < -0.3 is 0 Å². The van der Waals surface area contributed by atoms with Crippen LogP contribution >= 0.6 is 0 Å². The Hall–Kier alpha value is -1.56. The molecule has 3 rings (SSSR count). The van der Waals surface area contributed by atoms with E-state index in [1.165, 1.54) is 22.3 Å². The summed E-state index contributed by atoms with van der Waals surface area (Å²) in [5, 5.41) is 0. The van der Waals surface area contributed by atoms with Crippen LogP contribution in [0.15, 0.2) is 48.1 Å². The van der Waals surface area contributed by atoms with Crippen LogP contribution in [0.4, 0.5) is 0 Å². The van der Waals surface area contributed by atoms with Crippen molar-refractivity contribution in [1.29, 1.82) is 0 Å². The lowest BCUT2D eigenvalue weighted by Gasteiger charge is -2.06. The Morgan fingerprint density at radius 2 is 2.00 bits per heavy atom. The van der Waals surface area contributed by atoms with E-state index in [9.17, 15) is 0 Å². The zero-order valence-corrected chi connectivity index (χ0v) is 7.33. The van der Waals surface area contributed by atoms with E-state index in [-0.39, 0.29) is 0 Å². The van der Waals surface area contributed by atoms with Gasteiger partial charge in [-0.05, 0) is 34.8 Å². The van der Waals surface area contributed by atoms with Crippen molar-refractivity contribution >= 4 is 11.6 Å². The molecule has 62 valence electrons. The summed E-state index contributed by atoms with van der Waals surface area (Å²) in [6.45, 7) is 0. The lowest BCUT2D eigenvalue weighted by Crippen LogP contribution is -1.85. The molecule has 0 aromatic heterocycles. The van der Waals surface area contributed by atoms with Crippen molar-refractivity contribution in [3.8, 4) is 0 Å². The summed E-state index contributed by atoms with van der Waals surface area (Å²) in [5.74, 6) is 0. The SMILES string of the molecule is C1=CC2=Cc3ccccc3C2=CC1. The summed E-state index contributed by atoms with van der Waals surface area (Å²) in [5.41, 5.74) is 5.53. The second-order valence-corrected chi connectivity index (χ2v) is 3.44. The number of rotatable bonds is 0. The van der Waals surface area contributed by atoms with Crippen LogP contribution in [0.5, 0.6) is 0 Å². The van der Waals surface area contributed by atoms with E-state index in [4.69, 9.17) is 0 Å². The first-order valence-corrected chi connectivity index (χ1v) is 4.63. The van der Waals surface area contributed by atoms with Gasteiger partial charge in [0.15, 0.2) is 0 Å². The van der Waals surface area contributed by atoms with Crippen LogP contribution in [0.2, 0.25) is 0 Å². The maximum Gasteiger partial charge on any atom is -0.0108 e. The third-order valence-electron chi connectivity index (χ3n) is 2.63. The second kappa shape index (κ2) is 2.46. The fraction of sp³-hybridized carbons (Fsp3) is 0.0769. The summed E-state index contributed by atoms with van der Waals surface area (Å²) < 4.78 is 0. The molecule has 0 spiro atoms.